The molecule has 2 aliphatic rings. The number of aromatic hydroxyl groups is 2. The first kappa shape index (κ1) is 34.3. The van der Waals surface area contributed by atoms with Crippen molar-refractivity contribution in [1.82, 2.24) is 25.4 Å². The molecular weight excluding hydrogens is 715 g/mol. The van der Waals surface area contributed by atoms with Gasteiger partial charge < -0.3 is 40.7 Å². The predicted molar refractivity (Wildman–Crippen MR) is 179 cm³/mol. The van der Waals surface area contributed by atoms with Crippen LogP contribution >= 0.6 is 34.9 Å². The summed E-state index contributed by atoms with van der Waals surface area (Å²) in [6.45, 7) is -0.159. The van der Waals surface area contributed by atoms with Crippen LogP contribution < -0.4 is 11.1 Å². The number of rotatable bonds is 13. The monoisotopic (exact) mass is 739 g/mol. The molecule has 4 heterocycles. The van der Waals surface area contributed by atoms with E-state index in [1.54, 1.807) is 24.3 Å². The molecule has 2 aromatic carbocycles. The first-order valence-electron chi connectivity index (χ1n) is 14.4. The summed E-state index contributed by atoms with van der Waals surface area (Å²) in [5, 5.41) is 54.0. The smallest absolute Gasteiger partial charge is 0.352 e. The minimum absolute atomic E-state index is 0.0708. The number of carbonyl (C=O) groups is 4. The van der Waals surface area contributed by atoms with E-state index in [2.05, 4.69) is 25.7 Å². The highest BCUT2D eigenvalue weighted by Crippen LogP contribution is 2.42. The third kappa shape index (κ3) is 7.21. The molecule has 0 bridgehead atoms. The Kier molecular flexibility index (Phi) is 9.93. The average molecular weight is 740 g/mol. The topological polar surface area (TPSA) is 264 Å². The quantitative estimate of drug-likeness (QED) is 0.0378. The number of nitrogens with two attached hydrogens (primary N) is 1. The Balaban J connectivity index is 1.14. The summed E-state index contributed by atoms with van der Waals surface area (Å²) in [6, 6.07) is 9.60. The van der Waals surface area contributed by atoms with Crippen molar-refractivity contribution in [3.63, 3.8) is 0 Å². The van der Waals surface area contributed by atoms with Crippen molar-refractivity contribution in [2.45, 2.75) is 29.7 Å². The van der Waals surface area contributed by atoms with E-state index in [1.165, 1.54) is 35.3 Å². The van der Waals surface area contributed by atoms with E-state index < -0.39 is 35.2 Å². The largest absolute Gasteiger partial charge is 0.504 e. The van der Waals surface area contributed by atoms with Gasteiger partial charge in [0.2, 0.25) is 5.89 Å². The number of nitrogen functional groups attached to an aromatic ring is 1. The van der Waals surface area contributed by atoms with Gasteiger partial charge in [0.25, 0.3) is 17.0 Å². The number of fused-ring (bicyclic) bond motifs is 1. The summed E-state index contributed by atoms with van der Waals surface area (Å²) in [6.07, 6.45) is -0.239. The normalized spacial score (nSPS) is 17.2. The Morgan fingerprint density at radius 1 is 1.12 bits per heavy atom. The van der Waals surface area contributed by atoms with Gasteiger partial charge in [-0.25, -0.2) is 9.78 Å². The molecule has 2 aliphatic heterocycles. The second-order valence-corrected chi connectivity index (χ2v) is 13.5. The van der Waals surface area contributed by atoms with Crippen LogP contribution in [0.15, 0.2) is 73.9 Å². The third-order valence-electron chi connectivity index (χ3n) is 7.35. The molecule has 17 nitrogen and oxygen atoms in total. The van der Waals surface area contributed by atoms with Crippen LogP contribution in [-0.2, 0) is 37.0 Å². The first-order valence-corrected chi connectivity index (χ1v) is 17.3. The molecule has 1 saturated heterocycles. The Bertz CT molecular complexity index is 2060. The zero-order valence-electron chi connectivity index (χ0n) is 25.4. The molecule has 0 spiro atoms. The summed E-state index contributed by atoms with van der Waals surface area (Å²) in [4.78, 5) is 61.1. The molecule has 0 aliphatic carbocycles. The molecule has 4 aromatic rings. The molecule has 0 saturated carbocycles. The van der Waals surface area contributed by atoms with Gasteiger partial charge in [-0.15, -0.1) is 33.3 Å². The zero-order valence-corrected chi connectivity index (χ0v) is 27.8. The molecule has 20 heteroatoms. The number of β-lactam (4-membered cyclic amide) rings is 1. The number of thiazole rings is 1. The fraction of sp³-hybridized carbons (Fsp3) is 0.200. The maximum atomic E-state index is 13.5. The van der Waals surface area contributed by atoms with Crippen LogP contribution in [0.3, 0.4) is 0 Å². The lowest BCUT2D eigenvalue weighted by molar-refractivity contribution is -0.150. The SMILES string of the molecule is Nc1nc(C(=NOCc2ccccc2CC(=O)O)C(=O)N[C@@H]2C(=O)N3C(C(=O)O)=C(CSc4nnc(-c5ccc(O)c(O)c5)o4)CS[C@@H]23)cs1. The molecule has 258 valence electrons. The van der Waals surface area contributed by atoms with Crippen molar-refractivity contribution in [2.75, 3.05) is 17.2 Å². The number of anilines is 1. The minimum atomic E-state index is -1.33. The molecule has 6 rings (SSSR count). The minimum Gasteiger partial charge on any atom is -0.504 e. The van der Waals surface area contributed by atoms with E-state index in [-0.39, 0.29) is 69.4 Å². The second kappa shape index (κ2) is 14.5. The van der Waals surface area contributed by atoms with E-state index in [9.17, 15) is 39.6 Å². The maximum absolute atomic E-state index is 13.5. The molecule has 0 unspecified atom stereocenters. The summed E-state index contributed by atoms with van der Waals surface area (Å²) >= 11 is 3.36. The van der Waals surface area contributed by atoms with E-state index in [4.69, 9.17) is 15.0 Å². The van der Waals surface area contributed by atoms with Gasteiger partial charge in [0.15, 0.2) is 22.3 Å². The lowest BCUT2D eigenvalue weighted by atomic mass is 10.0. The highest BCUT2D eigenvalue weighted by molar-refractivity contribution is 8.01. The molecule has 2 aromatic heterocycles. The predicted octanol–water partition coefficient (Wildman–Crippen LogP) is 2.27. The van der Waals surface area contributed by atoms with Crippen LogP contribution in [0.1, 0.15) is 16.8 Å². The lowest BCUT2D eigenvalue weighted by Crippen LogP contribution is -2.71. The van der Waals surface area contributed by atoms with Gasteiger partial charge in [0.1, 0.15) is 29.4 Å². The van der Waals surface area contributed by atoms with Crippen LogP contribution in [0.25, 0.3) is 11.5 Å². The average Bonchev–Trinajstić information content (AvgIpc) is 3.74. The fourth-order valence-corrected chi connectivity index (χ4v) is 7.79. The van der Waals surface area contributed by atoms with E-state index in [1.807, 2.05) is 0 Å². The Hall–Kier alpha value is -5.60. The summed E-state index contributed by atoms with van der Waals surface area (Å²) in [5.41, 5.74) is 7.18. The number of amides is 2. The van der Waals surface area contributed by atoms with Gasteiger partial charge in [-0.1, -0.05) is 41.2 Å². The number of nitrogens with zero attached hydrogens (tertiary/aromatic N) is 5. The third-order valence-corrected chi connectivity index (χ3v) is 10.3. The maximum Gasteiger partial charge on any atom is 0.352 e. The van der Waals surface area contributed by atoms with Crippen LogP contribution in [0.5, 0.6) is 11.5 Å². The number of aliphatic carboxylic acids is 2. The van der Waals surface area contributed by atoms with Crippen molar-refractivity contribution in [2.24, 2.45) is 5.16 Å². The highest BCUT2D eigenvalue weighted by Gasteiger charge is 2.54. The first-order chi connectivity index (χ1) is 24.0. The van der Waals surface area contributed by atoms with Crippen molar-refractivity contribution in [1.29, 1.82) is 0 Å². The van der Waals surface area contributed by atoms with Crippen LogP contribution in [-0.4, -0.2) is 92.9 Å². The van der Waals surface area contributed by atoms with E-state index >= 15 is 0 Å². The van der Waals surface area contributed by atoms with E-state index in [0.717, 1.165) is 28.0 Å². The van der Waals surface area contributed by atoms with Crippen LogP contribution in [0, 0.1) is 0 Å². The van der Waals surface area contributed by atoms with Gasteiger partial charge >= 0.3 is 11.9 Å². The van der Waals surface area contributed by atoms with Crippen molar-refractivity contribution < 1.29 is 48.9 Å². The number of phenolic OH excluding ortho intramolecular Hbond substituents is 2. The number of oxime groups is 1. The molecular formula is C30H25N7O10S3. The molecule has 7 N–H and O–H groups in total. The molecule has 50 heavy (non-hydrogen) atoms. The Morgan fingerprint density at radius 3 is 2.60 bits per heavy atom. The summed E-state index contributed by atoms with van der Waals surface area (Å²) < 4.78 is 5.62. The van der Waals surface area contributed by atoms with Crippen LogP contribution in [0.2, 0.25) is 0 Å². The van der Waals surface area contributed by atoms with Gasteiger partial charge in [0, 0.05) is 22.4 Å². The number of carboxylic acids is 2. The number of aromatic nitrogens is 3. The lowest BCUT2D eigenvalue weighted by Gasteiger charge is -2.49. The number of carbonyl (C=O) groups excluding carboxylic acids is 2. The second-order valence-electron chi connectivity index (χ2n) is 10.6. The van der Waals surface area contributed by atoms with Crippen molar-refractivity contribution in [3.05, 3.63) is 75.9 Å². The van der Waals surface area contributed by atoms with Gasteiger partial charge in [-0.2, -0.15) is 0 Å². The van der Waals surface area contributed by atoms with E-state index in [0.29, 0.717) is 22.3 Å². The summed E-state index contributed by atoms with van der Waals surface area (Å²) in [7, 11) is 0. The Morgan fingerprint density at radius 2 is 1.90 bits per heavy atom. The van der Waals surface area contributed by atoms with Crippen LogP contribution in [0.4, 0.5) is 5.13 Å². The number of thioether (sulfide) groups is 2. The standard InChI is InChI=1S/C30H25N7O10S3/c31-29-32-17(12-49-29)21(36-46-9-15-4-2-1-3-13(15)8-20(40)41)24(42)33-22-26(43)37-23(28(44)45)16(10-48-27(22)37)11-50-30-35-34-25(47-30)14-5-6-18(38)19(39)7-14/h1-7,12,22,27,38-39H,8-11H2,(H2,31,32)(H,33,42)(H,40,41)(H,44,45)/t22-,27+/m1/s1. The Labute approximate surface area is 293 Å². The fourth-order valence-electron chi connectivity index (χ4n) is 4.99. The van der Waals surface area contributed by atoms with Gasteiger partial charge in [-0.05, 0) is 34.9 Å². The molecule has 1 fully saturated rings. The molecule has 2 amide bonds. The van der Waals surface area contributed by atoms with Gasteiger partial charge in [0.05, 0.1) is 6.42 Å². The molecule has 2 atom stereocenters. The van der Waals surface area contributed by atoms with Crippen molar-refractivity contribution in [3.8, 4) is 23.0 Å². The number of phenols is 2. The zero-order chi connectivity index (χ0) is 35.5. The van der Waals surface area contributed by atoms with Gasteiger partial charge in [-0.3, -0.25) is 19.3 Å². The number of hydrogen-bond acceptors (Lipinski definition) is 16. The summed E-state index contributed by atoms with van der Waals surface area (Å²) in [5.74, 6) is -4.12. The van der Waals surface area contributed by atoms with Crippen molar-refractivity contribution >= 4 is 69.5 Å². The number of carboxylic acid groups (broad SMARTS) is 2. The number of hydrogen-bond donors (Lipinski definition) is 6. The highest BCUT2D eigenvalue weighted by atomic mass is 32.2. The number of nitrogens with one attached hydrogen (secondary N) is 1. The number of benzene rings is 2. The molecule has 0 radical (unpaired) electrons.